The Labute approximate surface area is 89.9 Å². The van der Waals surface area contributed by atoms with E-state index in [0.717, 1.165) is 16.9 Å². The molecule has 2 rings (SSSR count). The third kappa shape index (κ3) is 1.63. The number of hydrogen-bond donors (Lipinski definition) is 2. The minimum atomic E-state index is -0.120. The maximum absolute atomic E-state index is 4.64. The van der Waals surface area contributed by atoms with E-state index in [1.165, 1.54) is 5.56 Å². The zero-order valence-corrected chi connectivity index (χ0v) is 9.68. The second-order valence-electron chi connectivity index (χ2n) is 4.43. The molecule has 0 aliphatic heterocycles. The van der Waals surface area contributed by atoms with Crippen LogP contribution in [0.1, 0.15) is 25.2 Å². The minimum absolute atomic E-state index is 0.120. The second-order valence-corrected chi connectivity index (χ2v) is 4.43. The number of imidazole rings is 1. The van der Waals surface area contributed by atoms with Gasteiger partial charge in [0.25, 0.3) is 0 Å². The van der Waals surface area contributed by atoms with E-state index in [4.69, 9.17) is 0 Å². The summed E-state index contributed by atoms with van der Waals surface area (Å²) in [6, 6.07) is 6.19. The monoisotopic (exact) mass is 203 g/mol. The standard InChI is InChI=1S/C12H17N3/c1-8-6-5-7-9-10(8)15-11(14-9)12(2,3)13-4/h5-7,13H,1-4H3,(H,14,15). The van der Waals surface area contributed by atoms with E-state index in [0.29, 0.717) is 0 Å². The molecule has 80 valence electrons. The predicted molar refractivity (Wildman–Crippen MR) is 62.9 cm³/mol. The van der Waals surface area contributed by atoms with Crippen LogP contribution >= 0.6 is 0 Å². The van der Waals surface area contributed by atoms with Crippen LogP contribution in [0, 0.1) is 6.92 Å². The van der Waals surface area contributed by atoms with Gasteiger partial charge in [0.05, 0.1) is 16.6 Å². The Morgan fingerprint density at radius 1 is 1.33 bits per heavy atom. The first kappa shape index (κ1) is 10.2. The number of aryl methyl sites for hydroxylation is 1. The lowest BCUT2D eigenvalue weighted by atomic mass is 10.1. The van der Waals surface area contributed by atoms with E-state index < -0.39 is 0 Å². The maximum atomic E-state index is 4.64. The van der Waals surface area contributed by atoms with Gasteiger partial charge in [0.1, 0.15) is 5.82 Å². The van der Waals surface area contributed by atoms with Gasteiger partial charge in [0, 0.05) is 0 Å². The van der Waals surface area contributed by atoms with Crippen LogP contribution in [0.3, 0.4) is 0 Å². The number of nitrogens with one attached hydrogen (secondary N) is 2. The average Bonchev–Trinajstić information content (AvgIpc) is 2.64. The normalized spacial score (nSPS) is 12.3. The van der Waals surface area contributed by atoms with Gasteiger partial charge in [-0.05, 0) is 39.4 Å². The zero-order chi connectivity index (χ0) is 11.1. The van der Waals surface area contributed by atoms with E-state index in [1.807, 2.05) is 13.1 Å². The molecule has 3 heteroatoms. The average molecular weight is 203 g/mol. The van der Waals surface area contributed by atoms with E-state index in [2.05, 4.69) is 48.2 Å². The largest absolute Gasteiger partial charge is 0.340 e. The summed E-state index contributed by atoms with van der Waals surface area (Å²) in [7, 11) is 1.94. The zero-order valence-electron chi connectivity index (χ0n) is 9.68. The van der Waals surface area contributed by atoms with E-state index in [1.54, 1.807) is 0 Å². The van der Waals surface area contributed by atoms with Crippen molar-refractivity contribution >= 4 is 11.0 Å². The van der Waals surface area contributed by atoms with Crippen LogP contribution in [0.4, 0.5) is 0 Å². The summed E-state index contributed by atoms with van der Waals surface area (Å²) in [5.41, 5.74) is 3.26. The molecule has 0 spiro atoms. The number of H-pyrrole nitrogens is 1. The molecule has 1 heterocycles. The summed E-state index contributed by atoms with van der Waals surface area (Å²) < 4.78 is 0. The van der Waals surface area contributed by atoms with Gasteiger partial charge in [0.15, 0.2) is 0 Å². The summed E-state index contributed by atoms with van der Waals surface area (Å²) in [5, 5.41) is 3.24. The Bertz CT molecular complexity index is 483. The number of benzene rings is 1. The number of fused-ring (bicyclic) bond motifs is 1. The van der Waals surface area contributed by atoms with E-state index >= 15 is 0 Å². The van der Waals surface area contributed by atoms with Crippen LogP contribution in [0.15, 0.2) is 18.2 Å². The molecular weight excluding hydrogens is 186 g/mol. The molecule has 3 nitrogen and oxygen atoms in total. The van der Waals surface area contributed by atoms with Crippen LogP contribution < -0.4 is 5.32 Å². The van der Waals surface area contributed by atoms with Crippen molar-refractivity contribution in [2.24, 2.45) is 0 Å². The molecular formula is C12H17N3. The summed E-state index contributed by atoms with van der Waals surface area (Å²) in [5.74, 6) is 0.981. The molecule has 0 radical (unpaired) electrons. The molecule has 15 heavy (non-hydrogen) atoms. The molecule has 0 atom stereocenters. The molecule has 2 N–H and O–H groups in total. The lowest BCUT2D eigenvalue weighted by Crippen LogP contribution is -2.34. The summed E-state index contributed by atoms with van der Waals surface area (Å²) in [6.45, 7) is 6.30. The van der Waals surface area contributed by atoms with Crippen molar-refractivity contribution in [3.63, 3.8) is 0 Å². The van der Waals surface area contributed by atoms with Crippen molar-refractivity contribution in [1.82, 2.24) is 15.3 Å². The van der Waals surface area contributed by atoms with Crippen molar-refractivity contribution in [2.45, 2.75) is 26.3 Å². The Hall–Kier alpha value is -1.35. The molecule has 1 aromatic heterocycles. The fraction of sp³-hybridized carbons (Fsp3) is 0.417. The maximum Gasteiger partial charge on any atom is 0.127 e. The summed E-state index contributed by atoms with van der Waals surface area (Å²) in [4.78, 5) is 7.99. The highest BCUT2D eigenvalue weighted by molar-refractivity contribution is 5.78. The Kier molecular flexibility index (Phi) is 2.27. The van der Waals surface area contributed by atoms with Gasteiger partial charge in [0.2, 0.25) is 0 Å². The van der Waals surface area contributed by atoms with Gasteiger partial charge in [-0.2, -0.15) is 0 Å². The number of aromatic nitrogens is 2. The molecule has 0 aliphatic carbocycles. The Balaban J connectivity index is 2.62. The molecule has 0 fully saturated rings. The first-order chi connectivity index (χ1) is 7.04. The molecule has 2 aromatic rings. The van der Waals surface area contributed by atoms with Crippen molar-refractivity contribution in [3.05, 3.63) is 29.6 Å². The lowest BCUT2D eigenvalue weighted by molar-refractivity contribution is 0.422. The fourth-order valence-corrected chi connectivity index (χ4v) is 1.59. The Morgan fingerprint density at radius 3 is 2.67 bits per heavy atom. The highest BCUT2D eigenvalue weighted by atomic mass is 15.0. The predicted octanol–water partition coefficient (Wildman–Crippen LogP) is 2.33. The van der Waals surface area contributed by atoms with Crippen molar-refractivity contribution in [1.29, 1.82) is 0 Å². The van der Waals surface area contributed by atoms with Crippen LogP contribution in [0.5, 0.6) is 0 Å². The molecule has 0 aliphatic rings. The molecule has 0 bridgehead atoms. The minimum Gasteiger partial charge on any atom is -0.340 e. The highest BCUT2D eigenvalue weighted by Gasteiger charge is 2.21. The van der Waals surface area contributed by atoms with Gasteiger partial charge in [-0.1, -0.05) is 12.1 Å². The molecule has 0 amide bonds. The van der Waals surface area contributed by atoms with Gasteiger partial charge in [-0.25, -0.2) is 4.98 Å². The van der Waals surface area contributed by atoms with Crippen LogP contribution in [-0.2, 0) is 5.54 Å². The number of para-hydroxylation sites is 1. The highest BCUT2D eigenvalue weighted by Crippen LogP contribution is 2.22. The third-order valence-electron chi connectivity index (χ3n) is 2.93. The smallest absolute Gasteiger partial charge is 0.127 e. The van der Waals surface area contributed by atoms with Crippen LogP contribution in [0.25, 0.3) is 11.0 Å². The first-order valence-electron chi connectivity index (χ1n) is 5.19. The fourth-order valence-electron chi connectivity index (χ4n) is 1.59. The van der Waals surface area contributed by atoms with Gasteiger partial charge < -0.3 is 10.3 Å². The van der Waals surface area contributed by atoms with Crippen molar-refractivity contribution in [2.75, 3.05) is 7.05 Å². The number of rotatable bonds is 2. The SMILES string of the molecule is CNC(C)(C)c1nc2c(C)cccc2[nH]1. The van der Waals surface area contributed by atoms with Crippen LogP contribution in [0.2, 0.25) is 0 Å². The third-order valence-corrected chi connectivity index (χ3v) is 2.93. The number of nitrogens with zero attached hydrogens (tertiary/aromatic N) is 1. The summed E-state index contributed by atoms with van der Waals surface area (Å²) >= 11 is 0. The van der Waals surface area contributed by atoms with Gasteiger partial charge in [-0.3, -0.25) is 0 Å². The number of hydrogen-bond acceptors (Lipinski definition) is 2. The molecule has 0 saturated carbocycles. The van der Waals surface area contributed by atoms with Gasteiger partial charge >= 0.3 is 0 Å². The quantitative estimate of drug-likeness (QED) is 0.786. The van der Waals surface area contributed by atoms with Crippen molar-refractivity contribution < 1.29 is 0 Å². The molecule has 0 saturated heterocycles. The van der Waals surface area contributed by atoms with Crippen molar-refractivity contribution in [3.8, 4) is 0 Å². The van der Waals surface area contributed by atoms with Gasteiger partial charge in [-0.15, -0.1) is 0 Å². The lowest BCUT2D eigenvalue weighted by Gasteiger charge is -2.20. The topological polar surface area (TPSA) is 40.7 Å². The molecule has 1 aromatic carbocycles. The second kappa shape index (κ2) is 3.35. The Morgan fingerprint density at radius 2 is 2.07 bits per heavy atom. The van der Waals surface area contributed by atoms with E-state index in [-0.39, 0.29) is 5.54 Å². The molecule has 0 unspecified atom stereocenters. The van der Waals surface area contributed by atoms with E-state index in [9.17, 15) is 0 Å². The van der Waals surface area contributed by atoms with Crippen LogP contribution in [-0.4, -0.2) is 17.0 Å². The summed E-state index contributed by atoms with van der Waals surface area (Å²) in [6.07, 6.45) is 0. The number of aromatic amines is 1. The first-order valence-corrected chi connectivity index (χ1v) is 5.19.